The van der Waals surface area contributed by atoms with E-state index >= 15 is 0 Å². The van der Waals surface area contributed by atoms with Gasteiger partial charge in [-0.1, -0.05) is 0 Å². The van der Waals surface area contributed by atoms with Gasteiger partial charge in [0.15, 0.2) is 0 Å². The van der Waals surface area contributed by atoms with Crippen LogP contribution >= 0.6 is 0 Å². The fourth-order valence-corrected chi connectivity index (χ4v) is 1.54. The third kappa shape index (κ3) is 2.43. The highest BCUT2D eigenvalue weighted by molar-refractivity contribution is 5.86. The van der Waals surface area contributed by atoms with Crippen molar-refractivity contribution in [3.05, 3.63) is 0 Å². The normalized spacial score (nSPS) is 24.4. The Balaban J connectivity index is 2.74. The number of alkyl halides is 2. The van der Waals surface area contributed by atoms with Crippen molar-refractivity contribution in [3.63, 3.8) is 0 Å². The summed E-state index contributed by atoms with van der Waals surface area (Å²) in [5, 5.41) is 8.67. The number of hydrogen-bond acceptors (Lipinski definition) is 2. The molecule has 0 aromatic carbocycles. The molecule has 86 valence electrons. The van der Waals surface area contributed by atoms with Crippen molar-refractivity contribution in [1.82, 2.24) is 4.90 Å². The van der Waals surface area contributed by atoms with Crippen LogP contribution in [0.1, 0.15) is 20.3 Å². The first-order valence-electron chi connectivity index (χ1n) is 4.63. The van der Waals surface area contributed by atoms with Gasteiger partial charge in [0.25, 0.3) is 5.92 Å². The largest absolute Gasteiger partial charge is 0.481 e. The van der Waals surface area contributed by atoms with E-state index in [1.165, 1.54) is 6.92 Å². The Labute approximate surface area is 85.9 Å². The number of aliphatic carboxylic acids is 1. The van der Waals surface area contributed by atoms with E-state index in [2.05, 4.69) is 0 Å². The van der Waals surface area contributed by atoms with Crippen molar-refractivity contribution in [2.45, 2.75) is 32.2 Å². The quantitative estimate of drug-likeness (QED) is 0.772. The summed E-state index contributed by atoms with van der Waals surface area (Å²) >= 11 is 0. The molecule has 1 N–H and O–H groups in total. The van der Waals surface area contributed by atoms with Crippen molar-refractivity contribution in [2.24, 2.45) is 5.92 Å². The molecule has 4 nitrogen and oxygen atoms in total. The Morgan fingerprint density at radius 1 is 1.67 bits per heavy atom. The molecule has 0 aliphatic carbocycles. The Kier molecular flexibility index (Phi) is 2.97. The minimum atomic E-state index is -3.01. The first-order valence-corrected chi connectivity index (χ1v) is 4.63. The number of amides is 1. The van der Waals surface area contributed by atoms with Crippen LogP contribution in [0.4, 0.5) is 8.78 Å². The summed E-state index contributed by atoms with van der Waals surface area (Å²) in [6.07, 6.45) is -0.185. The van der Waals surface area contributed by atoms with E-state index in [0.29, 0.717) is 0 Å². The van der Waals surface area contributed by atoms with Gasteiger partial charge in [0.1, 0.15) is 0 Å². The number of carbonyl (C=O) groups excluding carboxylic acids is 1. The highest BCUT2D eigenvalue weighted by Crippen LogP contribution is 2.28. The van der Waals surface area contributed by atoms with Crippen LogP contribution in [-0.4, -0.2) is 40.4 Å². The maximum absolute atomic E-state index is 12.9. The number of nitrogens with zero attached hydrogens (tertiary/aromatic N) is 1. The van der Waals surface area contributed by atoms with Crippen LogP contribution in [0.25, 0.3) is 0 Å². The van der Waals surface area contributed by atoms with Crippen LogP contribution in [0.3, 0.4) is 0 Å². The first-order chi connectivity index (χ1) is 6.73. The van der Waals surface area contributed by atoms with Gasteiger partial charge >= 0.3 is 5.97 Å². The molecule has 6 heteroatoms. The van der Waals surface area contributed by atoms with E-state index in [4.69, 9.17) is 5.11 Å². The Morgan fingerprint density at radius 3 is 2.53 bits per heavy atom. The fourth-order valence-electron chi connectivity index (χ4n) is 1.54. The summed E-state index contributed by atoms with van der Waals surface area (Å²) in [6, 6.07) is -1.26. The summed E-state index contributed by atoms with van der Waals surface area (Å²) < 4.78 is 25.9. The average Bonchev–Trinajstić information content (AvgIpc) is 2.44. The van der Waals surface area contributed by atoms with Gasteiger partial charge in [0, 0.05) is 19.9 Å². The van der Waals surface area contributed by atoms with E-state index < -0.39 is 29.8 Å². The fraction of sp³-hybridized carbons (Fsp3) is 0.778. The Morgan fingerprint density at radius 2 is 2.20 bits per heavy atom. The summed E-state index contributed by atoms with van der Waals surface area (Å²) in [4.78, 5) is 22.8. The van der Waals surface area contributed by atoms with Crippen LogP contribution in [0, 0.1) is 5.92 Å². The molecule has 0 bridgehead atoms. The van der Waals surface area contributed by atoms with Gasteiger partial charge in [-0.15, -0.1) is 0 Å². The van der Waals surface area contributed by atoms with Gasteiger partial charge < -0.3 is 10.0 Å². The van der Waals surface area contributed by atoms with Crippen LogP contribution < -0.4 is 0 Å². The highest BCUT2D eigenvalue weighted by Gasteiger charge is 2.43. The van der Waals surface area contributed by atoms with Crippen LogP contribution in [0.2, 0.25) is 0 Å². The van der Waals surface area contributed by atoms with Gasteiger partial charge in [0.2, 0.25) is 5.91 Å². The van der Waals surface area contributed by atoms with Gasteiger partial charge in [-0.2, -0.15) is 0 Å². The van der Waals surface area contributed by atoms with Crippen LogP contribution in [0.15, 0.2) is 0 Å². The standard InChI is InChI=1S/C9H13F2NO3/c1-5(9(2,10)11)12-4-6(8(14)15)3-7(12)13/h5-6H,3-4H2,1-2H3,(H,14,15). The molecule has 0 aromatic rings. The molecule has 0 spiro atoms. The molecule has 1 saturated heterocycles. The van der Waals surface area contributed by atoms with E-state index in [0.717, 1.165) is 11.8 Å². The van der Waals surface area contributed by atoms with Gasteiger partial charge in [-0.3, -0.25) is 9.59 Å². The van der Waals surface area contributed by atoms with Gasteiger partial charge in [-0.25, -0.2) is 8.78 Å². The zero-order valence-corrected chi connectivity index (χ0v) is 8.54. The molecule has 0 radical (unpaired) electrons. The van der Waals surface area contributed by atoms with Gasteiger partial charge in [-0.05, 0) is 6.92 Å². The summed E-state index contributed by atoms with van der Waals surface area (Å²) in [5.41, 5.74) is 0. The average molecular weight is 221 g/mol. The smallest absolute Gasteiger partial charge is 0.308 e. The molecule has 1 fully saturated rings. The number of carbonyl (C=O) groups is 2. The van der Waals surface area contributed by atoms with Gasteiger partial charge in [0.05, 0.1) is 12.0 Å². The third-order valence-electron chi connectivity index (χ3n) is 2.71. The monoisotopic (exact) mass is 221 g/mol. The number of carboxylic acid groups (broad SMARTS) is 1. The molecule has 1 aliphatic heterocycles. The van der Waals surface area contributed by atoms with Crippen molar-refractivity contribution < 1.29 is 23.5 Å². The summed E-state index contributed by atoms with van der Waals surface area (Å²) in [6.45, 7) is 1.82. The molecule has 0 saturated carbocycles. The summed E-state index contributed by atoms with van der Waals surface area (Å²) in [7, 11) is 0. The van der Waals surface area contributed by atoms with E-state index in [1.54, 1.807) is 0 Å². The molecule has 1 rings (SSSR count). The van der Waals surface area contributed by atoms with Crippen molar-refractivity contribution in [1.29, 1.82) is 0 Å². The second-order valence-electron chi connectivity index (χ2n) is 3.92. The van der Waals surface area contributed by atoms with E-state index in [-0.39, 0.29) is 13.0 Å². The molecular weight excluding hydrogens is 208 g/mol. The highest BCUT2D eigenvalue weighted by atomic mass is 19.3. The lowest BCUT2D eigenvalue weighted by Crippen LogP contribution is -2.45. The number of hydrogen-bond donors (Lipinski definition) is 1. The second-order valence-corrected chi connectivity index (χ2v) is 3.92. The SMILES string of the molecule is CC(N1CC(C(=O)O)CC1=O)C(C)(F)F. The van der Waals surface area contributed by atoms with Crippen molar-refractivity contribution >= 4 is 11.9 Å². The predicted molar refractivity (Wildman–Crippen MR) is 47.5 cm³/mol. The molecule has 1 heterocycles. The lowest BCUT2D eigenvalue weighted by molar-refractivity contribution is -0.141. The van der Waals surface area contributed by atoms with E-state index in [1.807, 2.05) is 0 Å². The molecule has 15 heavy (non-hydrogen) atoms. The maximum Gasteiger partial charge on any atom is 0.308 e. The number of rotatable bonds is 3. The molecular formula is C9H13F2NO3. The number of likely N-dealkylation sites (tertiary alicyclic amines) is 1. The predicted octanol–water partition coefficient (Wildman–Crippen LogP) is 0.963. The molecule has 0 aromatic heterocycles. The summed E-state index contributed by atoms with van der Waals surface area (Å²) in [5.74, 6) is -5.50. The lowest BCUT2D eigenvalue weighted by atomic mass is 10.1. The minimum absolute atomic E-state index is 0.126. The van der Waals surface area contributed by atoms with E-state index in [9.17, 15) is 18.4 Å². The Hall–Kier alpha value is -1.20. The minimum Gasteiger partial charge on any atom is -0.481 e. The van der Waals surface area contributed by atoms with Crippen LogP contribution in [0.5, 0.6) is 0 Å². The van der Waals surface area contributed by atoms with Crippen LogP contribution in [-0.2, 0) is 9.59 Å². The second kappa shape index (κ2) is 3.75. The zero-order valence-electron chi connectivity index (χ0n) is 8.54. The van der Waals surface area contributed by atoms with Crippen molar-refractivity contribution in [3.8, 4) is 0 Å². The molecule has 1 amide bonds. The Bertz CT molecular complexity index is 288. The number of carboxylic acids is 1. The molecule has 2 unspecified atom stereocenters. The third-order valence-corrected chi connectivity index (χ3v) is 2.71. The lowest BCUT2D eigenvalue weighted by Gasteiger charge is -2.29. The maximum atomic E-state index is 12.9. The topological polar surface area (TPSA) is 57.6 Å². The number of halogens is 2. The molecule has 1 aliphatic rings. The first kappa shape index (κ1) is 11.9. The molecule has 2 atom stereocenters. The zero-order chi connectivity index (χ0) is 11.8. The van der Waals surface area contributed by atoms with Crippen molar-refractivity contribution in [2.75, 3.05) is 6.54 Å².